The van der Waals surface area contributed by atoms with Gasteiger partial charge in [0.05, 0.1) is 15.9 Å². The van der Waals surface area contributed by atoms with Gasteiger partial charge < -0.3 is 14.6 Å². The molecule has 8 nitrogen and oxygen atoms in total. The first-order valence-electron chi connectivity index (χ1n) is 10.9. The van der Waals surface area contributed by atoms with Crippen LogP contribution in [-0.2, 0) is 10.5 Å². The lowest BCUT2D eigenvalue weighted by Crippen LogP contribution is -2.30. The summed E-state index contributed by atoms with van der Waals surface area (Å²) in [4.78, 5) is 34.0. The van der Waals surface area contributed by atoms with E-state index in [4.69, 9.17) is 9.26 Å². The minimum Gasteiger partial charge on any atom is -0.481 e. The molecule has 178 valence electrons. The highest BCUT2D eigenvalue weighted by molar-refractivity contribution is 8.00. The smallest absolute Gasteiger partial charge is 0.287 e. The molecule has 0 radical (unpaired) electrons. The number of thioether (sulfide) groups is 1. The first-order chi connectivity index (χ1) is 16.8. The molecule has 1 amide bonds. The van der Waals surface area contributed by atoms with E-state index in [1.165, 1.54) is 33.7 Å². The number of nitrogens with one attached hydrogen (secondary N) is 1. The fraction of sp³-hybridized carbons (Fsp3) is 0.200. The predicted octanol–water partition coefficient (Wildman–Crippen LogP) is 5.21. The summed E-state index contributed by atoms with van der Waals surface area (Å²) in [6.45, 7) is 5.47. The molecule has 1 atom stereocenters. The molecule has 0 aliphatic heterocycles. The van der Waals surface area contributed by atoms with E-state index in [1.807, 2.05) is 49.4 Å². The third-order valence-corrected chi connectivity index (χ3v) is 7.37. The van der Waals surface area contributed by atoms with E-state index in [1.54, 1.807) is 19.9 Å². The van der Waals surface area contributed by atoms with Crippen LogP contribution >= 0.6 is 23.1 Å². The van der Waals surface area contributed by atoms with Crippen molar-refractivity contribution in [3.8, 4) is 5.75 Å². The second kappa shape index (κ2) is 9.55. The Morgan fingerprint density at radius 2 is 2.03 bits per heavy atom. The van der Waals surface area contributed by atoms with Gasteiger partial charge in [0.1, 0.15) is 11.5 Å². The molecule has 0 spiro atoms. The number of aromatic nitrogens is 3. The molecule has 5 rings (SSSR count). The van der Waals surface area contributed by atoms with E-state index in [9.17, 15) is 9.59 Å². The van der Waals surface area contributed by atoms with Gasteiger partial charge in [0, 0.05) is 23.6 Å². The summed E-state index contributed by atoms with van der Waals surface area (Å²) in [7, 11) is 0. The van der Waals surface area contributed by atoms with Gasteiger partial charge in [-0.1, -0.05) is 23.9 Å². The van der Waals surface area contributed by atoms with Crippen molar-refractivity contribution in [3.05, 3.63) is 82.0 Å². The van der Waals surface area contributed by atoms with Gasteiger partial charge in [-0.3, -0.25) is 9.59 Å². The number of hydrogen-bond acceptors (Lipinski definition) is 8. The highest BCUT2D eigenvalue weighted by Gasteiger charge is 2.16. The van der Waals surface area contributed by atoms with Gasteiger partial charge in [-0.2, -0.15) is 0 Å². The van der Waals surface area contributed by atoms with Crippen LogP contribution in [0.1, 0.15) is 23.9 Å². The Kier molecular flexibility index (Phi) is 6.31. The number of benzene rings is 2. The summed E-state index contributed by atoms with van der Waals surface area (Å²) in [5.74, 6) is 1.57. The van der Waals surface area contributed by atoms with E-state index >= 15 is 0 Å². The molecular weight excluding hydrogens is 484 g/mol. The fourth-order valence-electron chi connectivity index (χ4n) is 3.52. The fourth-order valence-corrected chi connectivity index (χ4v) is 5.52. The topological polar surface area (TPSA) is 98.7 Å². The summed E-state index contributed by atoms with van der Waals surface area (Å²) in [6.07, 6.45) is -0.645. The van der Waals surface area contributed by atoms with Crippen LogP contribution in [0, 0.1) is 13.8 Å². The number of amides is 1. The number of carbonyl (C=O) groups excluding carboxylic acids is 1. The molecule has 5 aromatic rings. The van der Waals surface area contributed by atoms with Crippen molar-refractivity contribution >= 4 is 50.6 Å². The van der Waals surface area contributed by atoms with Crippen LogP contribution in [0.3, 0.4) is 0 Å². The average Bonchev–Trinajstić information content (AvgIpc) is 3.40. The molecule has 0 fully saturated rings. The van der Waals surface area contributed by atoms with Crippen molar-refractivity contribution in [2.75, 3.05) is 5.32 Å². The quantitative estimate of drug-likeness (QED) is 0.303. The Morgan fingerprint density at radius 3 is 2.86 bits per heavy atom. The molecule has 0 aliphatic rings. The number of fused-ring (bicyclic) bond motifs is 2. The number of ether oxygens (including phenoxy) is 1. The van der Waals surface area contributed by atoms with Gasteiger partial charge in [-0.05, 0) is 56.7 Å². The van der Waals surface area contributed by atoms with Gasteiger partial charge in [0.2, 0.25) is 0 Å². The first kappa shape index (κ1) is 23.1. The zero-order valence-corrected chi connectivity index (χ0v) is 20.9. The van der Waals surface area contributed by atoms with Crippen LogP contribution in [0.2, 0.25) is 0 Å². The van der Waals surface area contributed by atoms with Crippen molar-refractivity contribution in [2.45, 2.75) is 37.0 Å². The Bertz CT molecular complexity index is 1600. The molecule has 10 heteroatoms. The maximum absolute atomic E-state index is 12.6. The number of rotatable bonds is 7. The van der Waals surface area contributed by atoms with Gasteiger partial charge >= 0.3 is 0 Å². The number of aryl methyl sites for hydroxylation is 2. The minimum absolute atomic E-state index is 0.229. The normalized spacial score (nSPS) is 12.2. The van der Waals surface area contributed by atoms with Gasteiger partial charge in [0.15, 0.2) is 16.1 Å². The third-order valence-electron chi connectivity index (χ3n) is 5.18. The zero-order chi connectivity index (χ0) is 24.5. The minimum atomic E-state index is -0.645. The number of nitrogens with zero attached hydrogens (tertiary/aromatic N) is 3. The molecule has 3 aromatic heterocycles. The number of anilines is 1. The first-order valence-corrected chi connectivity index (χ1v) is 12.7. The van der Waals surface area contributed by atoms with E-state index in [0.29, 0.717) is 34.3 Å². The van der Waals surface area contributed by atoms with Crippen LogP contribution in [0.4, 0.5) is 5.69 Å². The van der Waals surface area contributed by atoms with Crippen molar-refractivity contribution in [3.63, 3.8) is 0 Å². The van der Waals surface area contributed by atoms with Crippen LogP contribution < -0.4 is 15.6 Å². The lowest BCUT2D eigenvalue weighted by Gasteiger charge is -2.15. The van der Waals surface area contributed by atoms with Gasteiger partial charge in [0.25, 0.3) is 11.5 Å². The van der Waals surface area contributed by atoms with Crippen LogP contribution in [0.5, 0.6) is 5.75 Å². The number of thiazole rings is 1. The molecule has 0 aliphatic carbocycles. The number of hydrogen-bond donors (Lipinski definition) is 1. The second-order valence-electron chi connectivity index (χ2n) is 8.10. The summed E-state index contributed by atoms with van der Waals surface area (Å²) < 4.78 is 14.1. The molecule has 0 saturated carbocycles. The summed E-state index contributed by atoms with van der Waals surface area (Å²) in [6, 6.07) is 16.4. The van der Waals surface area contributed by atoms with Crippen molar-refractivity contribution in [2.24, 2.45) is 0 Å². The van der Waals surface area contributed by atoms with Crippen molar-refractivity contribution in [1.29, 1.82) is 0 Å². The van der Waals surface area contributed by atoms with Crippen molar-refractivity contribution < 1.29 is 14.1 Å². The average molecular weight is 507 g/mol. The predicted molar refractivity (Wildman–Crippen MR) is 138 cm³/mol. The Labute approximate surface area is 208 Å². The van der Waals surface area contributed by atoms with E-state index in [0.717, 1.165) is 20.1 Å². The lowest BCUT2D eigenvalue weighted by atomic mass is 10.2. The van der Waals surface area contributed by atoms with Crippen LogP contribution in [-0.4, -0.2) is 26.6 Å². The number of carbonyl (C=O) groups is 1. The van der Waals surface area contributed by atoms with E-state index in [-0.39, 0.29) is 11.5 Å². The second-order valence-corrected chi connectivity index (χ2v) is 10.4. The molecular formula is C25H22N4O4S2. The Morgan fingerprint density at radius 1 is 1.17 bits per heavy atom. The van der Waals surface area contributed by atoms with Gasteiger partial charge in [-0.25, -0.2) is 9.97 Å². The monoisotopic (exact) mass is 506 g/mol. The maximum Gasteiger partial charge on any atom is 0.287 e. The molecule has 0 saturated heterocycles. The Balaban J connectivity index is 1.25. The van der Waals surface area contributed by atoms with Gasteiger partial charge in [-0.15, -0.1) is 15.9 Å². The molecule has 0 bridgehead atoms. The summed E-state index contributed by atoms with van der Waals surface area (Å²) >= 11 is 3.03. The van der Waals surface area contributed by atoms with E-state index < -0.39 is 6.10 Å². The van der Waals surface area contributed by atoms with E-state index in [2.05, 4.69) is 15.3 Å². The SMILES string of the molecule is Cc1cccc(O[C@@H](C)C(=O)Nc2ccc3nc(SCc4cc(=O)n5oc(C)cc5n4)sc3c2)c1. The largest absolute Gasteiger partial charge is 0.481 e. The molecule has 3 heterocycles. The highest BCUT2D eigenvalue weighted by Crippen LogP contribution is 2.32. The van der Waals surface area contributed by atoms with Crippen LogP contribution in [0.15, 0.2) is 68.3 Å². The molecule has 2 aromatic carbocycles. The summed E-state index contributed by atoms with van der Waals surface area (Å²) in [5, 5.41) is 2.91. The Hall–Kier alpha value is -3.63. The lowest BCUT2D eigenvalue weighted by molar-refractivity contribution is -0.122. The third kappa shape index (κ3) is 5.23. The van der Waals surface area contributed by atoms with Crippen LogP contribution in [0.25, 0.3) is 15.9 Å². The standard InChI is InChI=1S/C25H22N4O4S2/c1-14-5-4-6-19(9-14)32-16(3)24(31)27-17-7-8-20-21(11-17)35-25(28-20)34-13-18-12-23(30)29-22(26-18)10-15(2)33-29/h4-12,16H,13H2,1-3H3,(H,27,31)/t16-/m0/s1. The highest BCUT2D eigenvalue weighted by atomic mass is 32.2. The zero-order valence-electron chi connectivity index (χ0n) is 19.3. The molecule has 35 heavy (non-hydrogen) atoms. The molecule has 0 unspecified atom stereocenters. The maximum atomic E-state index is 12.6. The summed E-state index contributed by atoms with van der Waals surface area (Å²) in [5.41, 5.74) is 3.50. The van der Waals surface area contributed by atoms with Crippen molar-refractivity contribution in [1.82, 2.24) is 14.5 Å². The molecule has 1 N–H and O–H groups in total.